The molecule has 9 heteroatoms. The molecule has 9 nitrogen and oxygen atoms in total. The number of benzene rings is 8. The van der Waals surface area contributed by atoms with E-state index in [2.05, 4.69) is 32.5 Å². The molecule has 0 fully saturated rings. The molecule has 10 aromatic rings. The maximum atomic E-state index is 10.7. The SMILES string of the molecule is [C-]#[N+]c1cc(C#N)c(-c2ccc3c(c2)c2ccccc2n3-c2c(-c3ccccc3C#N)cc(-c3nc(-c4ccccc4)nc(-c4ccccc4)n3)cc2-c2ccccc2C#N)c([N+]#[C-])c1. The van der Waals surface area contributed by atoms with Gasteiger partial charge in [-0.05, 0) is 54.1 Å². The molecule has 65 heavy (non-hydrogen) atoms. The molecule has 0 amide bonds. The zero-order valence-electron chi connectivity index (χ0n) is 34.3. The van der Waals surface area contributed by atoms with E-state index >= 15 is 0 Å². The minimum absolute atomic E-state index is 0.212. The van der Waals surface area contributed by atoms with Crippen LogP contribution < -0.4 is 0 Å². The van der Waals surface area contributed by atoms with Crippen molar-refractivity contribution in [2.45, 2.75) is 0 Å². The Kier molecular flexibility index (Phi) is 9.93. The van der Waals surface area contributed by atoms with E-state index in [1.165, 1.54) is 12.1 Å². The van der Waals surface area contributed by atoms with Crippen molar-refractivity contribution in [2.24, 2.45) is 0 Å². The van der Waals surface area contributed by atoms with E-state index in [1.54, 1.807) is 12.1 Å². The smallest absolute Gasteiger partial charge is 0.186 e. The van der Waals surface area contributed by atoms with Crippen LogP contribution in [0.3, 0.4) is 0 Å². The highest BCUT2D eigenvalue weighted by Gasteiger charge is 2.26. The number of hydrogen-bond acceptors (Lipinski definition) is 6. The zero-order chi connectivity index (χ0) is 44.4. The lowest BCUT2D eigenvalue weighted by Gasteiger charge is -2.22. The Balaban J connectivity index is 1.34. The van der Waals surface area contributed by atoms with E-state index in [1.807, 2.05) is 152 Å². The summed E-state index contributed by atoms with van der Waals surface area (Å²) in [5.41, 5.74) is 9.95. The van der Waals surface area contributed by atoms with Crippen molar-refractivity contribution < 1.29 is 0 Å². The van der Waals surface area contributed by atoms with Gasteiger partial charge >= 0.3 is 0 Å². The van der Waals surface area contributed by atoms with E-state index in [9.17, 15) is 15.8 Å². The van der Waals surface area contributed by atoms with Gasteiger partial charge in [0.15, 0.2) is 28.8 Å². The van der Waals surface area contributed by atoms with E-state index in [4.69, 9.17) is 28.1 Å². The van der Waals surface area contributed by atoms with Crippen LogP contribution in [-0.4, -0.2) is 19.5 Å². The third kappa shape index (κ3) is 6.86. The third-order valence-electron chi connectivity index (χ3n) is 11.4. The van der Waals surface area contributed by atoms with Crippen LogP contribution in [0.15, 0.2) is 176 Å². The van der Waals surface area contributed by atoms with Gasteiger partial charge in [0.1, 0.15) is 0 Å². The van der Waals surface area contributed by atoms with Gasteiger partial charge in [0.25, 0.3) is 0 Å². The van der Waals surface area contributed by atoms with Crippen molar-refractivity contribution in [3.8, 4) is 91.4 Å². The standard InChI is InChI=1S/C56H29N9/c1-60-42-27-41(34-59)52(49(31-42)61-2)37-25-26-51-46(28-37)45-23-13-14-24-50(45)65(51)53-47(43-21-11-9-19-38(43)32-57)29-40(30-48(53)44-22-12-10-20-39(44)33-58)56-63-54(35-15-5-3-6-16-35)62-55(64-56)36-17-7-4-8-18-36/h3-31H. The van der Waals surface area contributed by atoms with Gasteiger partial charge < -0.3 is 4.57 Å². The first-order chi connectivity index (χ1) is 32.0. The lowest BCUT2D eigenvalue weighted by Crippen LogP contribution is -2.05. The molecule has 0 saturated carbocycles. The molecule has 0 aliphatic carbocycles. The van der Waals surface area contributed by atoms with Crippen LogP contribution in [0.1, 0.15) is 16.7 Å². The first-order valence-corrected chi connectivity index (χ1v) is 20.4. The minimum atomic E-state index is 0.212. The fraction of sp³-hybridized carbons (Fsp3) is 0. The van der Waals surface area contributed by atoms with Crippen molar-refractivity contribution in [3.05, 3.63) is 215 Å². The summed E-state index contributed by atoms with van der Waals surface area (Å²) in [4.78, 5) is 22.4. The van der Waals surface area contributed by atoms with Crippen LogP contribution in [0.25, 0.3) is 105 Å². The predicted molar refractivity (Wildman–Crippen MR) is 253 cm³/mol. The first-order valence-electron chi connectivity index (χ1n) is 20.4. The van der Waals surface area contributed by atoms with Gasteiger partial charge in [0, 0.05) is 60.8 Å². The van der Waals surface area contributed by atoms with Crippen LogP contribution in [-0.2, 0) is 0 Å². The van der Waals surface area contributed by atoms with Crippen molar-refractivity contribution >= 4 is 33.2 Å². The molecule has 2 heterocycles. The van der Waals surface area contributed by atoms with Gasteiger partial charge in [-0.15, -0.1) is 0 Å². The molecular formula is C56H29N9. The number of rotatable bonds is 7. The monoisotopic (exact) mass is 827 g/mol. The normalized spacial score (nSPS) is 10.7. The number of aromatic nitrogens is 4. The summed E-state index contributed by atoms with van der Waals surface area (Å²) in [5.74, 6) is 1.37. The summed E-state index contributed by atoms with van der Waals surface area (Å²) < 4.78 is 2.16. The largest absolute Gasteiger partial charge is 0.308 e. The molecule has 0 saturated heterocycles. The summed E-state index contributed by atoms with van der Waals surface area (Å²) in [7, 11) is 0. The Labute approximate surface area is 373 Å². The van der Waals surface area contributed by atoms with Crippen LogP contribution in [0.2, 0.25) is 0 Å². The molecule has 10 rings (SSSR count). The number of nitriles is 3. The molecule has 298 valence electrons. The van der Waals surface area contributed by atoms with Gasteiger partial charge in [0.05, 0.1) is 59.2 Å². The van der Waals surface area contributed by atoms with Gasteiger partial charge in [-0.25, -0.2) is 24.6 Å². The van der Waals surface area contributed by atoms with Gasteiger partial charge in [-0.2, -0.15) is 15.8 Å². The number of hydrogen-bond donors (Lipinski definition) is 0. The minimum Gasteiger partial charge on any atom is -0.308 e. The second-order valence-corrected chi connectivity index (χ2v) is 15.1. The molecule has 0 spiro atoms. The highest BCUT2D eigenvalue weighted by molar-refractivity contribution is 6.12. The van der Waals surface area contributed by atoms with Gasteiger partial charge in [0.2, 0.25) is 0 Å². The Bertz CT molecular complexity index is 3610. The van der Waals surface area contributed by atoms with E-state index in [0.717, 1.165) is 32.9 Å². The molecule has 0 aliphatic heterocycles. The lowest BCUT2D eigenvalue weighted by molar-refractivity contribution is 1.07. The Morgan fingerprint density at radius 2 is 0.923 bits per heavy atom. The molecule has 0 aliphatic rings. The van der Waals surface area contributed by atoms with Crippen molar-refractivity contribution in [2.75, 3.05) is 0 Å². The summed E-state index contributed by atoms with van der Waals surface area (Å²) in [6.45, 7) is 15.6. The molecule has 8 aromatic carbocycles. The highest BCUT2D eigenvalue weighted by Crippen LogP contribution is 2.46. The predicted octanol–water partition coefficient (Wildman–Crippen LogP) is 13.7. The van der Waals surface area contributed by atoms with Crippen LogP contribution in [0.4, 0.5) is 11.4 Å². The summed E-state index contributed by atoms with van der Waals surface area (Å²) >= 11 is 0. The fourth-order valence-corrected chi connectivity index (χ4v) is 8.51. The molecule has 0 radical (unpaired) electrons. The molecular weight excluding hydrogens is 799 g/mol. The maximum Gasteiger partial charge on any atom is 0.186 e. The summed E-state index contributed by atoms with van der Waals surface area (Å²) in [6.07, 6.45) is 0. The molecule has 0 bridgehead atoms. The Morgan fingerprint density at radius 3 is 1.48 bits per heavy atom. The molecule has 0 N–H and O–H groups in total. The van der Waals surface area contributed by atoms with Crippen LogP contribution >= 0.6 is 0 Å². The topological polar surface area (TPSA) is 124 Å². The van der Waals surface area contributed by atoms with Gasteiger partial charge in [-0.1, -0.05) is 127 Å². The van der Waals surface area contributed by atoms with E-state index in [-0.39, 0.29) is 16.9 Å². The van der Waals surface area contributed by atoms with Gasteiger partial charge in [-0.3, -0.25) is 0 Å². The summed E-state index contributed by atoms with van der Waals surface area (Å²) in [5, 5.41) is 33.4. The fourth-order valence-electron chi connectivity index (χ4n) is 8.51. The van der Waals surface area contributed by atoms with E-state index in [0.29, 0.717) is 73.2 Å². The molecule has 0 atom stereocenters. The lowest BCUT2D eigenvalue weighted by atomic mass is 9.89. The highest BCUT2D eigenvalue weighted by atomic mass is 15.0. The average molecular weight is 828 g/mol. The van der Waals surface area contributed by atoms with E-state index < -0.39 is 0 Å². The van der Waals surface area contributed by atoms with Crippen molar-refractivity contribution in [3.63, 3.8) is 0 Å². The number of fused-ring (bicyclic) bond motifs is 3. The Morgan fingerprint density at radius 1 is 0.415 bits per heavy atom. The number of nitrogens with zero attached hydrogens (tertiary/aromatic N) is 9. The van der Waals surface area contributed by atoms with Crippen LogP contribution in [0, 0.1) is 47.1 Å². The second-order valence-electron chi connectivity index (χ2n) is 15.1. The van der Waals surface area contributed by atoms with Crippen molar-refractivity contribution in [1.29, 1.82) is 15.8 Å². The Hall–Kier alpha value is -9.98. The molecule has 0 unspecified atom stereocenters. The number of para-hydroxylation sites is 1. The third-order valence-corrected chi connectivity index (χ3v) is 11.4. The van der Waals surface area contributed by atoms with Crippen LogP contribution in [0.5, 0.6) is 0 Å². The average Bonchev–Trinajstić information content (AvgIpc) is 3.71. The zero-order valence-corrected chi connectivity index (χ0v) is 34.3. The second kappa shape index (κ2) is 16.5. The quantitative estimate of drug-likeness (QED) is 0.147. The first kappa shape index (κ1) is 39.2. The summed E-state index contributed by atoms with van der Waals surface area (Å²) in [6, 6.07) is 62.3. The van der Waals surface area contributed by atoms with Crippen molar-refractivity contribution in [1.82, 2.24) is 19.5 Å². The molecule has 2 aromatic heterocycles. The maximum absolute atomic E-state index is 10.7.